The molecule has 8 nitrogen and oxygen atoms in total. The number of nitrogen functional groups attached to an aromatic ring is 1. The summed E-state index contributed by atoms with van der Waals surface area (Å²) in [7, 11) is -3.53. The van der Waals surface area contributed by atoms with E-state index in [1.807, 2.05) is 0 Å². The van der Waals surface area contributed by atoms with Crippen LogP contribution in [0.4, 0.5) is 19.7 Å². The number of anilines is 2. The van der Waals surface area contributed by atoms with E-state index >= 15 is 0 Å². The van der Waals surface area contributed by atoms with Gasteiger partial charge in [-0.05, 0) is 37.8 Å². The van der Waals surface area contributed by atoms with E-state index in [9.17, 15) is 27.1 Å². The number of aliphatic hydroxyl groups excluding tert-OH is 1. The molecule has 1 aliphatic rings. The summed E-state index contributed by atoms with van der Waals surface area (Å²) in [4.78, 5) is 16.7. The maximum atomic E-state index is 14.0. The quantitative estimate of drug-likeness (QED) is 0.387. The first kappa shape index (κ1) is 25.5. The highest BCUT2D eigenvalue weighted by molar-refractivity contribution is 7.89. The van der Waals surface area contributed by atoms with Crippen molar-refractivity contribution in [1.29, 1.82) is 0 Å². The summed E-state index contributed by atoms with van der Waals surface area (Å²) in [5, 5.41) is 12.9. The molecule has 0 atom stereocenters. The number of benzene rings is 1. The molecular weight excluding hydrogens is 474 g/mol. The second-order valence-corrected chi connectivity index (χ2v) is 11.8. The van der Waals surface area contributed by atoms with E-state index in [2.05, 4.69) is 15.0 Å². The van der Waals surface area contributed by atoms with Crippen LogP contribution in [0.25, 0.3) is 0 Å². The fourth-order valence-electron chi connectivity index (χ4n) is 3.77. The molecule has 1 aromatic carbocycles. The van der Waals surface area contributed by atoms with Gasteiger partial charge in [0.1, 0.15) is 22.3 Å². The van der Waals surface area contributed by atoms with Gasteiger partial charge in [-0.25, -0.2) is 26.9 Å². The van der Waals surface area contributed by atoms with Gasteiger partial charge in [0.05, 0.1) is 11.3 Å². The summed E-state index contributed by atoms with van der Waals surface area (Å²) in [6.07, 6.45) is 2.51. The van der Waals surface area contributed by atoms with Crippen LogP contribution in [0.2, 0.25) is 0 Å². The van der Waals surface area contributed by atoms with Gasteiger partial charge in [0, 0.05) is 24.1 Å². The lowest BCUT2D eigenvalue weighted by Crippen LogP contribution is -2.43. The van der Waals surface area contributed by atoms with E-state index in [4.69, 9.17) is 5.73 Å². The predicted octanol–water partition coefficient (Wildman–Crippen LogP) is 2.90. The number of carbonyl (C=O) groups excluding carboxylic acids is 1. The normalized spacial score (nSPS) is 19.4. The first-order valence-electron chi connectivity index (χ1n) is 10.5. The molecule has 1 aromatic heterocycles. The minimum Gasteiger partial charge on any atom is -0.396 e. The number of aliphatic hydroxyl groups is 1. The second kappa shape index (κ2) is 10.00. The third kappa shape index (κ3) is 6.46. The lowest BCUT2D eigenvalue weighted by atomic mass is 9.92. The molecule has 0 spiro atoms. The third-order valence-corrected chi connectivity index (χ3v) is 8.31. The van der Waals surface area contributed by atoms with Gasteiger partial charge in [-0.1, -0.05) is 31.3 Å². The number of sulfonamides is 1. The lowest BCUT2D eigenvalue weighted by Gasteiger charge is -2.30. The Labute approximate surface area is 195 Å². The summed E-state index contributed by atoms with van der Waals surface area (Å²) >= 11 is 0.928. The van der Waals surface area contributed by atoms with Crippen molar-refractivity contribution in [2.75, 3.05) is 23.4 Å². The van der Waals surface area contributed by atoms with Crippen molar-refractivity contribution in [3.8, 4) is 0 Å². The average molecular weight is 503 g/mol. The summed E-state index contributed by atoms with van der Waals surface area (Å²) in [6.45, 7) is 3.15. The van der Waals surface area contributed by atoms with Crippen LogP contribution in [-0.2, 0) is 10.0 Å². The first-order valence-corrected chi connectivity index (χ1v) is 13.0. The van der Waals surface area contributed by atoms with Crippen molar-refractivity contribution in [2.45, 2.75) is 51.6 Å². The zero-order chi connectivity index (χ0) is 24.4. The Balaban J connectivity index is 1.59. The van der Waals surface area contributed by atoms with Crippen LogP contribution in [0.1, 0.15) is 54.8 Å². The van der Waals surface area contributed by atoms with Gasteiger partial charge in [0.2, 0.25) is 15.8 Å². The number of thiazole rings is 1. The highest BCUT2D eigenvalue weighted by Crippen LogP contribution is 2.31. The number of nitrogens with two attached hydrogens (primary N) is 1. The first-order chi connectivity index (χ1) is 15.4. The molecule has 1 heterocycles. The fraction of sp³-hybridized carbons (Fsp3) is 0.524. The minimum absolute atomic E-state index is 0.0154. The van der Waals surface area contributed by atoms with Gasteiger partial charge in [0.25, 0.3) is 0 Å². The van der Waals surface area contributed by atoms with Crippen molar-refractivity contribution in [1.82, 2.24) is 9.71 Å². The number of nitrogens with zero attached hydrogens (tertiary/aromatic N) is 1. The largest absolute Gasteiger partial charge is 0.396 e. The Morgan fingerprint density at radius 2 is 1.79 bits per heavy atom. The zero-order valence-electron chi connectivity index (χ0n) is 18.4. The molecule has 0 amide bonds. The monoisotopic (exact) mass is 502 g/mol. The summed E-state index contributed by atoms with van der Waals surface area (Å²) in [5.41, 5.74) is 4.44. The number of hydrogen-bond acceptors (Lipinski definition) is 8. The smallest absolute Gasteiger partial charge is 0.212 e. The van der Waals surface area contributed by atoms with Crippen LogP contribution in [-0.4, -0.2) is 48.7 Å². The molecule has 0 bridgehead atoms. The number of ketones is 1. The summed E-state index contributed by atoms with van der Waals surface area (Å²) < 4.78 is 55.4. The Hall–Kier alpha value is -2.15. The zero-order valence-corrected chi connectivity index (χ0v) is 20.0. The van der Waals surface area contributed by atoms with Gasteiger partial charge in [-0.15, -0.1) is 0 Å². The van der Waals surface area contributed by atoms with Gasteiger partial charge >= 0.3 is 0 Å². The topological polar surface area (TPSA) is 134 Å². The van der Waals surface area contributed by atoms with Crippen molar-refractivity contribution in [3.63, 3.8) is 0 Å². The standard InChI is InChI=1S/C21H28F2N4O4S2/c1-21(2,10-28)11-33(30,31)27-13-8-6-12(7-9-13)25-20-26-19(24)18(32-20)17(29)16-14(22)4-3-5-15(16)23/h3-5,12-13,27-28H,6-11,24H2,1-2H3,(H,25,26)/t12-,13-. The Morgan fingerprint density at radius 3 is 2.36 bits per heavy atom. The second-order valence-electron chi connectivity index (χ2n) is 9.05. The third-order valence-electron chi connectivity index (χ3n) is 5.46. The van der Waals surface area contributed by atoms with Crippen molar-refractivity contribution in [2.24, 2.45) is 5.41 Å². The van der Waals surface area contributed by atoms with E-state index in [1.54, 1.807) is 13.8 Å². The van der Waals surface area contributed by atoms with Crippen LogP contribution in [0, 0.1) is 17.0 Å². The van der Waals surface area contributed by atoms with E-state index in [1.165, 1.54) is 6.07 Å². The van der Waals surface area contributed by atoms with Gasteiger partial charge < -0.3 is 16.2 Å². The molecule has 1 fully saturated rings. The highest BCUT2D eigenvalue weighted by Gasteiger charge is 2.30. The molecule has 0 aliphatic heterocycles. The average Bonchev–Trinajstić information content (AvgIpc) is 3.08. The van der Waals surface area contributed by atoms with E-state index in [0.717, 1.165) is 23.5 Å². The number of aromatic nitrogens is 1. The molecule has 1 saturated carbocycles. The summed E-state index contributed by atoms with van der Waals surface area (Å²) in [6, 6.07) is 2.96. The van der Waals surface area contributed by atoms with E-state index < -0.39 is 38.4 Å². The van der Waals surface area contributed by atoms with E-state index in [0.29, 0.717) is 30.8 Å². The molecule has 1 aliphatic carbocycles. The SMILES string of the molecule is CC(C)(CO)CS(=O)(=O)N[C@H]1CC[C@H](Nc2nc(N)c(C(=O)c3c(F)cccc3F)s2)CC1. The molecule has 182 valence electrons. The predicted molar refractivity (Wildman–Crippen MR) is 124 cm³/mol. The van der Waals surface area contributed by atoms with Crippen LogP contribution in [0.5, 0.6) is 0 Å². The van der Waals surface area contributed by atoms with Crippen LogP contribution in [0.15, 0.2) is 18.2 Å². The number of nitrogens with one attached hydrogen (secondary N) is 2. The highest BCUT2D eigenvalue weighted by atomic mass is 32.2. The van der Waals surface area contributed by atoms with Crippen molar-refractivity contribution >= 4 is 38.1 Å². The van der Waals surface area contributed by atoms with Crippen LogP contribution in [0.3, 0.4) is 0 Å². The molecule has 3 rings (SSSR count). The molecular formula is C21H28F2N4O4S2. The van der Waals surface area contributed by atoms with Gasteiger partial charge in [-0.3, -0.25) is 4.79 Å². The summed E-state index contributed by atoms with van der Waals surface area (Å²) in [5.74, 6) is -3.07. The Kier molecular flexibility index (Phi) is 7.72. The fourth-order valence-corrected chi connectivity index (χ4v) is 6.63. The van der Waals surface area contributed by atoms with Crippen molar-refractivity contribution < 1.29 is 27.1 Å². The molecule has 2 aromatic rings. The minimum atomic E-state index is -3.53. The van der Waals surface area contributed by atoms with Gasteiger partial charge in [-0.2, -0.15) is 0 Å². The molecule has 0 saturated heterocycles. The maximum Gasteiger partial charge on any atom is 0.212 e. The van der Waals surface area contributed by atoms with Gasteiger partial charge in [0.15, 0.2) is 5.13 Å². The van der Waals surface area contributed by atoms with E-state index in [-0.39, 0.29) is 35.1 Å². The molecule has 33 heavy (non-hydrogen) atoms. The van der Waals surface area contributed by atoms with Crippen LogP contribution < -0.4 is 15.8 Å². The molecule has 12 heteroatoms. The molecule has 5 N–H and O–H groups in total. The maximum absolute atomic E-state index is 14.0. The Bertz CT molecular complexity index is 1090. The van der Waals surface area contributed by atoms with Crippen LogP contribution >= 0.6 is 11.3 Å². The van der Waals surface area contributed by atoms with Crippen molar-refractivity contribution in [3.05, 3.63) is 40.3 Å². The number of rotatable bonds is 9. The molecule has 0 unspecified atom stereocenters. The number of carbonyl (C=O) groups is 1. The Morgan fingerprint density at radius 1 is 1.21 bits per heavy atom. The number of hydrogen-bond donors (Lipinski definition) is 4. The number of halogens is 2. The molecule has 0 radical (unpaired) electrons. The lowest BCUT2D eigenvalue weighted by molar-refractivity contribution is 0.103.